The number of para-hydroxylation sites is 1. The number of hydrogen-bond donors (Lipinski definition) is 1. The number of carbonyl (C=O) groups is 1. The van der Waals surface area contributed by atoms with E-state index in [2.05, 4.69) is 22.1 Å². The average Bonchev–Trinajstić information content (AvgIpc) is 3.12. The number of nitrogens with zero attached hydrogens (tertiary/aromatic N) is 3. The number of methoxy groups -OCH3 is 1. The number of aromatic nitrogens is 1. The molecule has 0 bridgehead atoms. The molecule has 1 aromatic heterocycles. The van der Waals surface area contributed by atoms with Crippen molar-refractivity contribution in [3.63, 3.8) is 0 Å². The van der Waals surface area contributed by atoms with Crippen LogP contribution in [0.5, 0.6) is 11.5 Å². The lowest BCUT2D eigenvalue weighted by atomic mass is 10.1. The van der Waals surface area contributed by atoms with Crippen LogP contribution in [0, 0.1) is 0 Å². The molecule has 1 aliphatic heterocycles. The molecule has 0 unspecified atom stereocenters. The smallest absolute Gasteiger partial charge is 0.237 e. The predicted molar refractivity (Wildman–Crippen MR) is 121 cm³/mol. The number of piperazine rings is 1. The van der Waals surface area contributed by atoms with E-state index in [1.54, 1.807) is 7.11 Å². The average molecular weight is 423 g/mol. The van der Waals surface area contributed by atoms with Crippen molar-refractivity contribution in [2.45, 2.75) is 13.1 Å². The number of amides is 1. The second-order valence-electron chi connectivity index (χ2n) is 7.91. The van der Waals surface area contributed by atoms with Crippen LogP contribution in [0.4, 0.5) is 0 Å². The van der Waals surface area contributed by atoms with E-state index in [1.165, 1.54) is 10.9 Å². The van der Waals surface area contributed by atoms with Gasteiger partial charge in [0.15, 0.2) is 0 Å². The zero-order valence-electron chi connectivity index (χ0n) is 18.0. The van der Waals surface area contributed by atoms with Crippen molar-refractivity contribution in [1.82, 2.24) is 14.4 Å². The summed E-state index contributed by atoms with van der Waals surface area (Å²) in [6, 6.07) is 15.9. The molecule has 1 saturated heterocycles. The SMILES string of the molecule is COc1ccc(OCCN2CCN(Cc3cn(CC(N)=O)c4ccccc34)CC2)cc1. The molecule has 1 fully saturated rings. The second-order valence-corrected chi connectivity index (χ2v) is 7.91. The summed E-state index contributed by atoms with van der Waals surface area (Å²) in [5, 5.41) is 1.19. The van der Waals surface area contributed by atoms with Crippen molar-refractivity contribution in [2.75, 3.05) is 46.4 Å². The minimum atomic E-state index is -0.322. The van der Waals surface area contributed by atoms with Crippen LogP contribution in [-0.4, -0.2) is 66.7 Å². The Labute approximate surface area is 182 Å². The molecule has 1 aliphatic rings. The maximum absolute atomic E-state index is 11.4. The van der Waals surface area contributed by atoms with Gasteiger partial charge in [-0.25, -0.2) is 0 Å². The minimum Gasteiger partial charge on any atom is -0.497 e. The molecular formula is C24H30N4O3. The third-order valence-electron chi connectivity index (χ3n) is 5.79. The van der Waals surface area contributed by atoms with Crippen molar-refractivity contribution < 1.29 is 14.3 Å². The van der Waals surface area contributed by atoms with Gasteiger partial charge in [0.1, 0.15) is 24.7 Å². The number of primary amides is 1. The van der Waals surface area contributed by atoms with Gasteiger partial charge in [0, 0.05) is 56.4 Å². The molecule has 2 heterocycles. The number of ether oxygens (including phenoxy) is 2. The lowest BCUT2D eigenvalue weighted by Crippen LogP contribution is -2.47. The lowest BCUT2D eigenvalue weighted by molar-refractivity contribution is -0.118. The van der Waals surface area contributed by atoms with Crippen molar-refractivity contribution in [3.8, 4) is 11.5 Å². The molecule has 2 aromatic carbocycles. The molecule has 0 spiro atoms. The van der Waals surface area contributed by atoms with E-state index in [1.807, 2.05) is 47.0 Å². The Hall–Kier alpha value is -3.03. The van der Waals surface area contributed by atoms with Crippen LogP contribution in [0.1, 0.15) is 5.56 Å². The molecule has 7 heteroatoms. The van der Waals surface area contributed by atoms with E-state index >= 15 is 0 Å². The zero-order chi connectivity index (χ0) is 21.6. The number of carbonyl (C=O) groups excluding carboxylic acids is 1. The largest absolute Gasteiger partial charge is 0.497 e. The third-order valence-corrected chi connectivity index (χ3v) is 5.79. The Morgan fingerprint density at radius 1 is 0.968 bits per heavy atom. The van der Waals surface area contributed by atoms with E-state index in [0.29, 0.717) is 6.61 Å². The number of benzene rings is 2. The minimum absolute atomic E-state index is 0.211. The van der Waals surface area contributed by atoms with Gasteiger partial charge in [-0.1, -0.05) is 18.2 Å². The van der Waals surface area contributed by atoms with Crippen LogP contribution in [0.3, 0.4) is 0 Å². The van der Waals surface area contributed by atoms with E-state index in [9.17, 15) is 4.79 Å². The lowest BCUT2D eigenvalue weighted by Gasteiger charge is -2.34. The molecule has 1 amide bonds. The predicted octanol–water partition coefficient (Wildman–Crippen LogP) is 2.33. The number of rotatable bonds is 9. The van der Waals surface area contributed by atoms with Crippen molar-refractivity contribution in [2.24, 2.45) is 5.73 Å². The number of nitrogens with two attached hydrogens (primary N) is 1. The highest BCUT2D eigenvalue weighted by molar-refractivity contribution is 5.85. The molecular weight excluding hydrogens is 392 g/mol. The summed E-state index contributed by atoms with van der Waals surface area (Å²) >= 11 is 0. The maximum atomic E-state index is 11.4. The molecule has 0 saturated carbocycles. The van der Waals surface area contributed by atoms with Crippen LogP contribution >= 0.6 is 0 Å². The van der Waals surface area contributed by atoms with Crippen molar-refractivity contribution in [3.05, 3.63) is 60.3 Å². The zero-order valence-corrected chi connectivity index (χ0v) is 18.0. The number of fused-ring (bicyclic) bond motifs is 1. The Kier molecular flexibility index (Phi) is 6.74. The Balaban J connectivity index is 1.27. The topological polar surface area (TPSA) is 73.0 Å². The Morgan fingerprint density at radius 3 is 2.35 bits per heavy atom. The van der Waals surface area contributed by atoms with Gasteiger partial charge in [0.2, 0.25) is 5.91 Å². The maximum Gasteiger partial charge on any atom is 0.237 e. The molecule has 4 rings (SSSR count). The summed E-state index contributed by atoms with van der Waals surface area (Å²) in [5.74, 6) is 1.38. The molecule has 0 radical (unpaired) electrons. The van der Waals surface area contributed by atoms with Crippen LogP contribution < -0.4 is 15.2 Å². The Morgan fingerprint density at radius 2 is 1.65 bits per heavy atom. The molecule has 3 aromatic rings. The molecule has 2 N–H and O–H groups in total. The van der Waals surface area contributed by atoms with Crippen LogP contribution in [0.25, 0.3) is 10.9 Å². The van der Waals surface area contributed by atoms with Gasteiger partial charge in [0.05, 0.1) is 7.11 Å². The summed E-state index contributed by atoms with van der Waals surface area (Å²) in [7, 11) is 1.66. The van der Waals surface area contributed by atoms with Gasteiger partial charge in [0.25, 0.3) is 0 Å². The fourth-order valence-electron chi connectivity index (χ4n) is 4.12. The van der Waals surface area contributed by atoms with E-state index < -0.39 is 0 Å². The summed E-state index contributed by atoms with van der Waals surface area (Å²) < 4.78 is 13.0. The fraction of sp³-hybridized carbons (Fsp3) is 0.375. The highest BCUT2D eigenvalue weighted by Gasteiger charge is 2.19. The normalized spacial score (nSPS) is 15.3. The molecule has 164 valence electrons. The van der Waals surface area contributed by atoms with E-state index in [0.717, 1.165) is 56.3 Å². The van der Waals surface area contributed by atoms with Gasteiger partial charge in [-0.15, -0.1) is 0 Å². The molecule has 31 heavy (non-hydrogen) atoms. The van der Waals surface area contributed by atoms with Gasteiger partial charge in [-0.05, 0) is 35.9 Å². The fourth-order valence-corrected chi connectivity index (χ4v) is 4.12. The standard InChI is InChI=1S/C24H30N4O3/c1-30-20-6-8-21(9-7-20)31-15-14-26-10-12-27(13-11-26)16-19-17-28(18-24(25)29)23-5-3-2-4-22(19)23/h2-9,17H,10-16,18H2,1H3,(H2,25,29). The quantitative estimate of drug-likeness (QED) is 0.573. The summed E-state index contributed by atoms with van der Waals surface area (Å²) in [6.45, 7) is 6.74. The molecule has 0 aliphatic carbocycles. The summed E-state index contributed by atoms with van der Waals surface area (Å²) in [5.41, 5.74) is 7.73. The van der Waals surface area contributed by atoms with Crippen LogP contribution in [0.2, 0.25) is 0 Å². The van der Waals surface area contributed by atoms with Crippen molar-refractivity contribution >= 4 is 16.8 Å². The Bertz CT molecular complexity index is 1010. The first-order chi connectivity index (χ1) is 15.1. The second kappa shape index (κ2) is 9.85. The summed E-state index contributed by atoms with van der Waals surface area (Å²) in [6.07, 6.45) is 2.07. The molecule has 0 atom stereocenters. The first-order valence-corrected chi connectivity index (χ1v) is 10.7. The van der Waals surface area contributed by atoms with Crippen LogP contribution in [0.15, 0.2) is 54.7 Å². The number of hydrogen-bond acceptors (Lipinski definition) is 5. The highest BCUT2D eigenvalue weighted by Crippen LogP contribution is 2.23. The summed E-state index contributed by atoms with van der Waals surface area (Å²) in [4.78, 5) is 16.3. The highest BCUT2D eigenvalue weighted by atomic mass is 16.5. The van der Waals surface area contributed by atoms with E-state index in [-0.39, 0.29) is 12.5 Å². The van der Waals surface area contributed by atoms with Gasteiger partial charge in [-0.2, -0.15) is 0 Å². The van der Waals surface area contributed by atoms with Gasteiger partial charge < -0.3 is 19.8 Å². The van der Waals surface area contributed by atoms with Gasteiger partial charge in [-0.3, -0.25) is 14.6 Å². The third kappa shape index (κ3) is 5.37. The first kappa shape index (κ1) is 21.2. The van der Waals surface area contributed by atoms with Crippen LogP contribution in [-0.2, 0) is 17.9 Å². The molecule has 7 nitrogen and oxygen atoms in total. The monoisotopic (exact) mass is 422 g/mol. The first-order valence-electron chi connectivity index (χ1n) is 10.7. The van der Waals surface area contributed by atoms with Crippen molar-refractivity contribution in [1.29, 1.82) is 0 Å². The van der Waals surface area contributed by atoms with E-state index in [4.69, 9.17) is 15.2 Å². The van der Waals surface area contributed by atoms with Gasteiger partial charge >= 0.3 is 0 Å².